The summed E-state index contributed by atoms with van der Waals surface area (Å²) in [5.74, 6) is 0.347. The van der Waals surface area contributed by atoms with Gasteiger partial charge in [-0.15, -0.1) is 0 Å². The van der Waals surface area contributed by atoms with Crippen molar-refractivity contribution in [3.8, 4) is 0 Å². The molecule has 16 heavy (non-hydrogen) atoms. The molecule has 1 saturated heterocycles. The highest BCUT2D eigenvalue weighted by Gasteiger charge is 2.18. The predicted molar refractivity (Wildman–Crippen MR) is 66.1 cm³/mol. The zero-order valence-corrected chi connectivity index (χ0v) is 10.5. The van der Waals surface area contributed by atoms with Crippen LogP contribution in [-0.4, -0.2) is 43.0 Å². The summed E-state index contributed by atoms with van der Waals surface area (Å²) in [4.78, 5) is 13.2. The molecule has 0 aromatic carbocycles. The fraction of sp³-hybridized carbons (Fsp3) is 0.917. The Labute approximate surface area is 98.6 Å². The number of carbonyl (C=O) groups is 1. The van der Waals surface area contributed by atoms with Crippen molar-refractivity contribution in [1.29, 1.82) is 0 Å². The second-order valence-electron chi connectivity index (χ2n) is 5.20. The van der Waals surface area contributed by atoms with Crippen molar-refractivity contribution in [3.05, 3.63) is 0 Å². The first-order valence-electron chi connectivity index (χ1n) is 6.32. The summed E-state index contributed by atoms with van der Waals surface area (Å²) in [6.07, 6.45) is 3.79. The summed E-state index contributed by atoms with van der Waals surface area (Å²) in [6, 6.07) is 0.534. The molecule has 0 bridgehead atoms. The number of rotatable bonds is 6. The van der Waals surface area contributed by atoms with Crippen LogP contribution in [0.1, 0.15) is 33.1 Å². The molecular formula is C12H25N3O. The van der Waals surface area contributed by atoms with E-state index in [4.69, 9.17) is 5.73 Å². The molecule has 4 heteroatoms. The predicted octanol–water partition coefficient (Wildman–Crippen LogP) is 0.572. The molecule has 0 aromatic heterocycles. The maximum Gasteiger partial charge on any atom is 0.231 e. The summed E-state index contributed by atoms with van der Waals surface area (Å²) in [5, 5.41) is 3.50. The Morgan fingerprint density at radius 1 is 1.50 bits per heavy atom. The van der Waals surface area contributed by atoms with Crippen molar-refractivity contribution < 1.29 is 4.79 Å². The molecule has 1 amide bonds. The molecule has 0 saturated carbocycles. The molecule has 0 radical (unpaired) electrons. The van der Waals surface area contributed by atoms with Crippen molar-refractivity contribution in [2.75, 3.05) is 26.2 Å². The number of nitrogens with zero attached hydrogens (tertiary/aromatic N) is 1. The molecule has 1 atom stereocenters. The minimum Gasteiger partial charge on any atom is -0.369 e. The van der Waals surface area contributed by atoms with Gasteiger partial charge in [0.05, 0.1) is 6.54 Å². The maximum atomic E-state index is 11.0. The molecule has 1 aliphatic heterocycles. The number of nitrogens with two attached hydrogens (primary N) is 1. The summed E-state index contributed by atoms with van der Waals surface area (Å²) in [7, 11) is 0. The number of hydrogen-bond donors (Lipinski definition) is 2. The van der Waals surface area contributed by atoms with E-state index in [1.165, 1.54) is 19.3 Å². The van der Waals surface area contributed by atoms with Crippen molar-refractivity contribution in [3.63, 3.8) is 0 Å². The number of primary amides is 1. The summed E-state index contributed by atoms with van der Waals surface area (Å²) >= 11 is 0. The molecule has 1 unspecified atom stereocenters. The number of piperidine rings is 1. The highest BCUT2D eigenvalue weighted by atomic mass is 16.1. The van der Waals surface area contributed by atoms with Crippen molar-refractivity contribution in [2.45, 2.75) is 39.2 Å². The topological polar surface area (TPSA) is 58.4 Å². The largest absolute Gasteiger partial charge is 0.369 e. The molecule has 94 valence electrons. The summed E-state index contributed by atoms with van der Waals surface area (Å²) in [6.45, 7) is 7.72. The van der Waals surface area contributed by atoms with Crippen LogP contribution in [0.15, 0.2) is 0 Å². The van der Waals surface area contributed by atoms with E-state index in [0.29, 0.717) is 18.5 Å². The summed E-state index contributed by atoms with van der Waals surface area (Å²) < 4.78 is 0. The van der Waals surface area contributed by atoms with Crippen molar-refractivity contribution in [2.24, 2.45) is 11.7 Å². The Morgan fingerprint density at radius 3 is 2.75 bits per heavy atom. The lowest BCUT2D eigenvalue weighted by Crippen LogP contribution is -2.47. The number of nitrogens with one attached hydrogen (secondary N) is 1. The molecule has 1 heterocycles. The van der Waals surface area contributed by atoms with Crippen LogP contribution in [0.2, 0.25) is 0 Å². The number of amides is 1. The van der Waals surface area contributed by atoms with Gasteiger partial charge in [0.2, 0.25) is 5.91 Å². The van der Waals surface area contributed by atoms with Gasteiger partial charge in [-0.2, -0.15) is 0 Å². The minimum absolute atomic E-state index is 0.226. The van der Waals surface area contributed by atoms with Crippen LogP contribution in [0.4, 0.5) is 0 Å². The van der Waals surface area contributed by atoms with E-state index in [1.54, 1.807) is 0 Å². The van der Waals surface area contributed by atoms with E-state index in [1.807, 2.05) is 0 Å². The van der Waals surface area contributed by atoms with Crippen LogP contribution >= 0.6 is 0 Å². The second kappa shape index (κ2) is 6.86. The Kier molecular flexibility index (Phi) is 5.77. The van der Waals surface area contributed by atoms with E-state index >= 15 is 0 Å². The highest BCUT2D eigenvalue weighted by molar-refractivity contribution is 5.75. The quantitative estimate of drug-likeness (QED) is 0.697. The van der Waals surface area contributed by atoms with Gasteiger partial charge < -0.3 is 11.1 Å². The van der Waals surface area contributed by atoms with E-state index in [0.717, 1.165) is 19.6 Å². The first kappa shape index (κ1) is 13.5. The lowest BCUT2D eigenvalue weighted by molar-refractivity contribution is -0.119. The van der Waals surface area contributed by atoms with Gasteiger partial charge in [-0.05, 0) is 25.3 Å². The first-order chi connectivity index (χ1) is 7.58. The lowest BCUT2D eigenvalue weighted by atomic mass is 10.0. The Balaban J connectivity index is 2.37. The zero-order valence-electron chi connectivity index (χ0n) is 10.5. The molecule has 1 aliphatic rings. The Bertz CT molecular complexity index is 212. The standard InChI is InChI=1S/C12H25N3O/c1-10(2)7-15(9-12(13)16)8-11-5-3-4-6-14-11/h10-11,14H,3-9H2,1-2H3,(H2,13,16). The maximum absolute atomic E-state index is 11.0. The van der Waals surface area contributed by atoms with Crippen LogP contribution in [0.3, 0.4) is 0 Å². The lowest BCUT2D eigenvalue weighted by Gasteiger charge is -2.30. The normalized spacial score (nSPS) is 21.6. The molecule has 0 spiro atoms. The van der Waals surface area contributed by atoms with E-state index in [-0.39, 0.29) is 5.91 Å². The van der Waals surface area contributed by atoms with E-state index in [9.17, 15) is 4.79 Å². The minimum atomic E-state index is -0.226. The van der Waals surface area contributed by atoms with Crippen LogP contribution in [0.25, 0.3) is 0 Å². The third kappa shape index (κ3) is 5.47. The van der Waals surface area contributed by atoms with Crippen LogP contribution in [0, 0.1) is 5.92 Å². The monoisotopic (exact) mass is 227 g/mol. The molecule has 4 nitrogen and oxygen atoms in total. The smallest absolute Gasteiger partial charge is 0.231 e. The average Bonchev–Trinajstić information content (AvgIpc) is 2.16. The molecular weight excluding hydrogens is 202 g/mol. The van der Waals surface area contributed by atoms with Gasteiger partial charge in [-0.3, -0.25) is 9.69 Å². The fourth-order valence-corrected chi connectivity index (χ4v) is 2.33. The van der Waals surface area contributed by atoms with Crippen molar-refractivity contribution in [1.82, 2.24) is 10.2 Å². The average molecular weight is 227 g/mol. The van der Waals surface area contributed by atoms with Gasteiger partial charge in [0.25, 0.3) is 0 Å². The van der Waals surface area contributed by atoms with E-state index in [2.05, 4.69) is 24.1 Å². The van der Waals surface area contributed by atoms with Gasteiger partial charge in [-0.25, -0.2) is 0 Å². The highest BCUT2D eigenvalue weighted by Crippen LogP contribution is 2.09. The molecule has 0 aromatic rings. The third-order valence-corrected chi connectivity index (χ3v) is 2.89. The number of hydrogen-bond acceptors (Lipinski definition) is 3. The van der Waals surface area contributed by atoms with Crippen LogP contribution in [-0.2, 0) is 4.79 Å². The first-order valence-corrected chi connectivity index (χ1v) is 6.32. The second-order valence-corrected chi connectivity index (χ2v) is 5.20. The van der Waals surface area contributed by atoms with Gasteiger partial charge in [0.1, 0.15) is 0 Å². The Hall–Kier alpha value is -0.610. The molecule has 3 N–H and O–H groups in total. The fourth-order valence-electron chi connectivity index (χ4n) is 2.33. The van der Waals surface area contributed by atoms with Gasteiger partial charge in [-0.1, -0.05) is 20.3 Å². The van der Waals surface area contributed by atoms with Crippen LogP contribution < -0.4 is 11.1 Å². The molecule has 1 rings (SSSR count). The third-order valence-electron chi connectivity index (χ3n) is 2.89. The summed E-state index contributed by atoms with van der Waals surface area (Å²) in [5.41, 5.74) is 5.27. The van der Waals surface area contributed by atoms with Gasteiger partial charge >= 0.3 is 0 Å². The zero-order chi connectivity index (χ0) is 12.0. The Morgan fingerprint density at radius 2 is 2.25 bits per heavy atom. The van der Waals surface area contributed by atoms with E-state index < -0.39 is 0 Å². The van der Waals surface area contributed by atoms with Crippen molar-refractivity contribution >= 4 is 5.91 Å². The van der Waals surface area contributed by atoms with Gasteiger partial charge in [0.15, 0.2) is 0 Å². The molecule has 1 fully saturated rings. The molecule has 0 aliphatic carbocycles. The SMILES string of the molecule is CC(C)CN(CC(N)=O)CC1CCCCN1. The number of carbonyl (C=O) groups excluding carboxylic acids is 1. The van der Waals surface area contributed by atoms with Crippen LogP contribution in [0.5, 0.6) is 0 Å². The van der Waals surface area contributed by atoms with Gasteiger partial charge in [0, 0.05) is 19.1 Å².